The molecule has 122 valence electrons. The van der Waals surface area contributed by atoms with Gasteiger partial charge in [0.25, 0.3) is 0 Å². The van der Waals surface area contributed by atoms with Crippen molar-refractivity contribution in [2.24, 2.45) is 4.99 Å². The van der Waals surface area contributed by atoms with Crippen molar-refractivity contribution >= 4 is 29.9 Å². The number of nitrogens with one attached hydrogen (secondary N) is 2. The summed E-state index contributed by atoms with van der Waals surface area (Å²) in [4.78, 5) is 4.55. The van der Waals surface area contributed by atoms with Crippen LogP contribution in [0.25, 0.3) is 0 Å². The number of hydrogen-bond donors (Lipinski definition) is 2. The molecule has 0 saturated heterocycles. The monoisotopic (exact) mass is 409 g/mol. The van der Waals surface area contributed by atoms with Crippen LogP contribution in [0.4, 0.5) is 0 Å². The second kappa shape index (κ2) is 12.9. The van der Waals surface area contributed by atoms with Crippen LogP contribution in [-0.4, -0.2) is 49.1 Å². The van der Waals surface area contributed by atoms with Gasteiger partial charge in [-0.2, -0.15) is 5.10 Å². The molecule has 6 nitrogen and oxygen atoms in total. The molecule has 0 radical (unpaired) electrons. The van der Waals surface area contributed by atoms with E-state index in [0.29, 0.717) is 0 Å². The molecule has 0 spiro atoms. The number of nitrogens with zero attached hydrogens (tertiary/aromatic N) is 3. The molecule has 2 N–H and O–H groups in total. The Morgan fingerprint density at radius 2 is 2.19 bits per heavy atom. The lowest BCUT2D eigenvalue weighted by Crippen LogP contribution is -2.38. The third kappa shape index (κ3) is 9.67. The number of rotatable bonds is 9. The van der Waals surface area contributed by atoms with Crippen molar-refractivity contribution in [3.63, 3.8) is 0 Å². The predicted octanol–water partition coefficient (Wildman–Crippen LogP) is 1.79. The molecule has 0 atom stereocenters. The molecule has 1 aromatic rings. The number of aromatic nitrogens is 2. The van der Waals surface area contributed by atoms with E-state index in [9.17, 15) is 0 Å². The molecule has 0 aliphatic heterocycles. The lowest BCUT2D eigenvalue weighted by Gasteiger charge is -2.10. The average Bonchev–Trinajstić information content (AvgIpc) is 2.85. The lowest BCUT2D eigenvalue weighted by molar-refractivity contribution is 0.195. The summed E-state index contributed by atoms with van der Waals surface area (Å²) in [7, 11) is 1.72. The van der Waals surface area contributed by atoms with Gasteiger partial charge in [0, 0.05) is 46.1 Å². The third-order valence-electron chi connectivity index (χ3n) is 2.74. The summed E-state index contributed by atoms with van der Waals surface area (Å²) in [6.07, 6.45) is 5.89. The molecule has 7 heteroatoms. The largest absolute Gasteiger partial charge is 0.385 e. The smallest absolute Gasteiger partial charge is 0.191 e. The number of aryl methyl sites for hydroxylation is 2. The predicted molar refractivity (Wildman–Crippen MR) is 97.5 cm³/mol. The van der Waals surface area contributed by atoms with Gasteiger partial charge in [-0.05, 0) is 32.3 Å². The van der Waals surface area contributed by atoms with Gasteiger partial charge in [0.05, 0.1) is 6.20 Å². The van der Waals surface area contributed by atoms with Crippen LogP contribution in [0.1, 0.15) is 25.3 Å². The van der Waals surface area contributed by atoms with E-state index in [1.165, 1.54) is 5.56 Å². The van der Waals surface area contributed by atoms with E-state index in [0.717, 1.165) is 51.6 Å². The van der Waals surface area contributed by atoms with Crippen LogP contribution >= 0.6 is 24.0 Å². The number of methoxy groups -OCH3 is 1. The SMILES string of the molecule is CCNC(=NCCCn1cc(C)cn1)NCCCOC.I. The maximum Gasteiger partial charge on any atom is 0.191 e. The minimum Gasteiger partial charge on any atom is -0.385 e. The molecular formula is C14H28IN5O. The summed E-state index contributed by atoms with van der Waals surface area (Å²) in [5.41, 5.74) is 1.20. The minimum absolute atomic E-state index is 0. The van der Waals surface area contributed by atoms with Gasteiger partial charge in [0.15, 0.2) is 5.96 Å². The topological polar surface area (TPSA) is 63.5 Å². The third-order valence-corrected chi connectivity index (χ3v) is 2.74. The van der Waals surface area contributed by atoms with Crippen LogP contribution in [0, 0.1) is 6.92 Å². The van der Waals surface area contributed by atoms with Gasteiger partial charge in [-0.3, -0.25) is 9.67 Å². The van der Waals surface area contributed by atoms with Crippen LogP contribution in [0.3, 0.4) is 0 Å². The summed E-state index contributed by atoms with van der Waals surface area (Å²) in [6, 6.07) is 0. The Morgan fingerprint density at radius 3 is 2.81 bits per heavy atom. The first-order valence-corrected chi connectivity index (χ1v) is 7.26. The fourth-order valence-electron chi connectivity index (χ4n) is 1.78. The van der Waals surface area contributed by atoms with E-state index in [2.05, 4.69) is 40.8 Å². The summed E-state index contributed by atoms with van der Waals surface area (Å²) in [5.74, 6) is 0.875. The molecule has 0 aliphatic rings. The Hall–Kier alpha value is -0.830. The Morgan fingerprint density at radius 1 is 1.38 bits per heavy atom. The Bertz CT molecular complexity index is 394. The van der Waals surface area contributed by atoms with Gasteiger partial charge < -0.3 is 15.4 Å². The minimum atomic E-state index is 0. The fourth-order valence-corrected chi connectivity index (χ4v) is 1.78. The van der Waals surface area contributed by atoms with Crippen molar-refractivity contribution < 1.29 is 4.74 Å². The lowest BCUT2D eigenvalue weighted by atomic mass is 10.4. The number of halogens is 1. The summed E-state index contributed by atoms with van der Waals surface area (Å²) < 4.78 is 6.99. The van der Waals surface area contributed by atoms with Gasteiger partial charge in [0.1, 0.15) is 0 Å². The molecule has 1 heterocycles. The summed E-state index contributed by atoms with van der Waals surface area (Å²) in [6.45, 7) is 8.32. The van der Waals surface area contributed by atoms with Crippen molar-refractivity contribution in [2.75, 3.05) is 33.4 Å². The first kappa shape index (κ1) is 20.2. The summed E-state index contributed by atoms with van der Waals surface area (Å²) in [5, 5.41) is 10.8. The number of ether oxygens (including phenoxy) is 1. The number of guanidine groups is 1. The highest BCUT2D eigenvalue weighted by atomic mass is 127. The molecular weight excluding hydrogens is 381 g/mol. The second-order valence-corrected chi connectivity index (χ2v) is 4.67. The van der Waals surface area contributed by atoms with E-state index >= 15 is 0 Å². The quantitative estimate of drug-likeness (QED) is 0.283. The molecule has 0 aromatic carbocycles. The van der Waals surface area contributed by atoms with Crippen molar-refractivity contribution in [1.82, 2.24) is 20.4 Å². The van der Waals surface area contributed by atoms with E-state index in [-0.39, 0.29) is 24.0 Å². The Kier molecular flexibility index (Phi) is 12.4. The molecule has 0 fully saturated rings. The van der Waals surface area contributed by atoms with Gasteiger partial charge in [0.2, 0.25) is 0 Å². The Labute approximate surface area is 144 Å². The highest BCUT2D eigenvalue weighted by molar-refractivity contribution is 14.0. The van der Waals surface area contributed by atoms with Gasteiger partial charge in [-0.15, -0.1) is 24.0 Å². The van der Waals surface area contributed by atoms with Gasteiger partial charge in [-0.25, -0.2) is 0 Å². The molecule has 0 aliphatic carbocycles. The number of aliphatic imine (C=N–C) groups is 1. The molecule has 1 rings (SSSR count). The van der Waals surface area contributed by atoms with Crippen LogP contribution in [0.2, 0.25) is 0 Å². The molecule has 0 bridgehead atoms. The fraction of sp³-hybridized carbons (Fsp3) is 0.714. The van der Waals surface area contributed by atoms with Crippen molar-refractivity contribution in [3.8, 4) is 0 Å². The highest BCUT2D eigenvalue weighted by Crippen LogP contribution is 1.96. The second-order valence-electron chi connectivity index (χ2n) is 4.67. The molecule has 0 amide bonds. The van der Waals surface area contributed by atoms with Gasteiger partial charge >= 0.3 is 0 Å². The first-order chi connectivity index (χ1) is 9.76. The zero-order chi connectivity index (χ0) is 14.6. The number of hydrogen-bond acceptors (Lipinski definition) is 3. The van der Waals surface area contributed by atoms with Crippen LogP contribution in [-0.2, 0) is 11.3 Å². The van der Waals surface area contributed by atoms with Crippen LogP contribution in [0.5, 0.6) is 0 Å². The zero-order valence-corrected chi connectivity index (χ0v) is 15.6. The highest BCUT2D eigenvalue weighted by Gasteiger charge is 1.97. The maximum absolute atomic E-state index is 5.02. The van der Waals surface area contributed by atoms with Crippen LogP contribution < -0.4 is 10.6 Å². The summed E-state index contributed by atoms with van der Waals surface area (Å²) >= 11 is 0. The van der Waals surface area contributed by atoms with Gasteiger partial charge in [-0.1, -0.05) is 0 Å². The van der Waals surface area contributed by atoms with E-state index < -0.39 is 0 Å². The van der Waals surface area contributed by atoms with Crippen molar-refractivity contribution in [3.05, 3.63) is 18.0 Å². The van der Waals surface area contributed by atoms with Crippen molar-refractivity contribution in [2.45, 2.75) is 33.2 Å². The normalized spacial score (nSPS) is 11.1. The molecule has 0 unspecified atom stereocenters. The van der Waals surface area contributed by atoms with Crippen LogP contribution in [0.15, 0.2) is 17.4 Å². The standard InChI is InChI=1S/C14H27N5O.HI/c1-4-15-14(17-8-6-10-20-3)16-7-5-9-19-12-13(2)11-18-19;/h11-12H,4-10H2,1-3H3,(H2,15,16,17);1H. The molecule has 21 heavy (non-hydrogen) atoms. The molecule has 1 aromatic heterocycles. The maximum atomic E-state index is 5.02. The van der Waals surface area contributed by atoms with E-state index in [1.54, 1.807) is 7.11 Å². The van der Waals surface area contributed by atoms with E-state index in [4.69, 9.17) is 4.74 Å². The first-order valence-electron chi connectivity index (χ1n) is 7.26. The van der Waals surface area contributed by atoms with Crippen molar-refractivity contribution in [1.29, 1.82) is 0 Å². The molecule has 0 saturated carbocycles. The van der Waals surface area contributed by atoms with E-state index in [1.807, 2.05) is 10.9 Å². The average molecular weight is 409 g/mol. The zero-order valence-electron chi connectivity index (χ0n) is 13.3. The Balaban J connectivity index is 0.00000400.